The molecule has 0 bridgehead atoms. The maximum absolute atomic E-state index is 12.0. The normalized spacial score (nSPS) is 12.8. The summed E-state index contributed by atoms with van der Waals surface area (Å²) >= 11 is 0. The SMILES string of the molecule is C[C@@H](Cc1cn(C(=O)OC(C)(C)C)cn1)c1nc(-c2ccccc2)no1. The second-order valence-corrected chi connectivity index (χ2v) is 7.18. The smallest absolute Gasteiger partial charge is 0.419 e. The van der Waals surface area contributed by atoms with Gasteiger partial charge < -0.3 is 9.26 Å². The number of rotatable bonds is 4. The first-order valence-electron chi connectivity index (χ1n) is 8.47. The van der Waals surface area contributed by atoms with Crippen LogP contribution in [0.3, 0.4) is 0 Å². The van der Waals surface area contributed by atoms with Gasteiger partial charge in [-0.25, -0.2) is 14.3 Å². The summed E-state index contributed by atoms with van der Waals surface area (Å²) < 4.78 is 12.1. The third kappa shape index (κ3) is 4.36. The van der Waals surface area contributed by atoms with E-state index in [0.29, 0.717) is 18.1 Å². The number of ether oxygens (including phenoxy) is 1. The largest absolute Gasteiger partial charge is 0.443 e. The summed E-state index contributed by atoms with van der Waals surface area (Å²) in [6.45, 7) is 7.45. The minimum Gasteiger partial charge on any atom is -0.443 e. The number of aromatic nitrogens is 4. The highest BCUT2D eigenvalue weighted by atomic mass is 16.6. The van der Waals surface area contributed by atoms with Gasteiger partial charge in [0.25, 0.3) is 0 Å². The van der Waals surface area contributed by atoms with Crippen LogP contribution in [0, 0.1) is 0 Å². The summed E-state index contributed by atoms with van der Waals surface area (Å²) in [5.74, 6) is 1.07. The van der Waals surface area contributed by atoms with E-state index in [4.69, 9.17) is 9.26 Å². The molecule has 3 aromatic rings. The molecule has 26 heavy (non-hydrogen) atoms. The molecule has 7 heteroatoms. The molecule has 0 spiro atoms. The molecule has 7 nitrogen and oxygen atoms in total. The van der Waals surface area contributed by atoms with Crippen molar-refractivity contribution in [2.45, 2.75) is 45.6 Å². The maximum atomic E-state index is 12.0. The average molecular weight is 354 g/mol. The highest BCUT2D eigenvalue weighted by Gasteiger charge is 2.20. The van der Waals surface area contributed by atoms with E-state index >= 15 is 0 Å². The Hall–Kier alpha value is -2.96. The van der Waals surface area contributed by atoms with Gasteiger partial charge in [-0.05, 0) is 20.8 Å². The topological polar surface area (TPSA) is 83.0 Å². The number of benzene rings is 1. The number of carbonyl (C=O) groups is 1. The molecule has 0 aliphatic carbocycles. The molecular formula is C19H22N4O3. The maximum Gasteiger partial charge on any atom is 0.419 e. The van der Waals surface area contributed by atoms with E-state index in [-0.39, 0.29) is 5.92 Å². The molecule has 0 unspecified atom stereocenters. The monoisotopic (exact) mass is 354 g/mol. The Balaban J connectivity index is 1.66. The third-order valence-corrected chi connectivity index (χ3v) is 3.65. The predicted octanol–water partition coefficient (Wildman–Crippen LogP) is 4.06. The van der Waals surface area contributed by atoms with Crippen molar-refractivity contribution in [3.05, 3.63) is 54.4 Å². The molecule has 0 aliphatic heterocycles. The highest BCUT2D eigenvalue weighted by molar-refractivity contribution is 5.70. The molecule has 2 aromatic heterocycles. The summed E-state index contributed by atoms with van der Waals surface area (Å²) in [7, 11) is 0. The zero-order valence-electron chi connectivity index (χ0n) is 15.3. The molecule has 0 amide bonds. The van der Waals surface area contributed by atoms with Crippen LogP contribution in [0.1, 0.15) is 45.2 Å². The summed E-state index contributed by atoms with van der Waals surface area (Å²) in [4.78, 5) is 20.8. The fourth-order valence-electron chi connectivity index (χ4n) is 2.42. The van der Waals surface area contributed by atoms with Gasteiger partial charge in [-0.3, -0.25) is 0 Å². The van der Waals surface area contributed by atoms with Crippen LogP contribution < -0.4 is 0 Å². The predicted molar refractivity (Wildman–Crippen MR) is 95.7 cm³/mol. The van der Waals surface area contributed by atoms with E-state index in [1.165, 1.54) is 10.9 Å². The number of hydrogen-bond acceptors (Lipinski definition) is 6. The number of nitrogens with zero attached hydrogens (tertiary/aromatic N) is 4. The average Bonchev–Trinajstić information content (AvgIpc) is 3.23. The zero-order valence-corrected chi connectivity index (χ0v) is 15.3. The van der Waals surface area contributed by atoms with E-state index in [9.17, 15) is 4.79 Å². The van der Waals surface area contributed by atoms with E-state index in [2.05, 4.69) is 15.1 Å². The highest BCUT2D eigenvalue weighted by Crippen LogP contribution is 2.22. The molecule has 0 saturated carbocycles. The molecular weight excluding hydrogens is 332 g/mol. The molecule has 3 rings (SSSR count). The Bertz CT molecular complexity index is 878. The summed E-state index contributed by atoms with van der Waals surface area (Å²) in [5, 5.41) is 4.04. The van der Waals surface area contributed by atoms with Crippen LogP contribution >= 0.6 is 0 Å². The molecule has 2 heterocycles. The number of imidazole rings is 1. The summed E-state index contributed by atoms with van der Waals surface area (Å²) in [6, 6.07) is 9.66. The van der Waals surface area contributed by atoms with Gasteiger partial charge in [0.2, 0.25) is 11.7 Å². The van der Waals surface area contributed by atoms with E-state index in [0.717, 1.165) is 11.3 Å². The van der Waals surface area contributed by atoms with Crippen LogP contribution in [-0.4, -0.2) is 31.4 Å². The Morgan fingerprint density at radius 2 is 2.00 bits per heavy atom. The molecule has 136 valence electrons. The van der Waals surface area contributed by atoms with E-state index in [1.807, 2.05) is 58.0 Å². The van der Waals surface area contributed by atoms with E-state index in [1.54, 1.807) is 6.20 Å². The molecule has 1 atom stereocenters. The van der Waals surface area contributed by atoms with Gasteiger partial charge in [0.1, 0.15) is 11.9 Å². The van der Waals surface area contributed by atoms with Crippen LogP contribution in [0.2, 0.25) is 0 Å². The van der Waals surface area contributed by atoms with Crippen molar-refractivity contribution < 1.29 is 14.1 Å². The fourth-order valence-corrected chi connectivity index (χ4v) is 2.42. The fraction of sp³-hybridized carbons (Fsp3) is 0.368. The molecule has 0 N–H and O–H groups in total. The second kappa shape index (κ2) is 7.11. The lowest BCUT2D eigenvalue weighted by Gasteiger charge is -2.19. The van der Waals surface area contributed by atoms with Gasteiger partial charge >= 0.3 is 6.09 Å². The quantitative estimate of drug-likeness (QED) is 0.702. The Morgan fingerprint density at radius 3 is 2.69 bits per heavy atom. The Kier molecular flexibility index (Phi) is 4.88. The van der Waals surface area contributed by atoms with Crippen molar-refractivity contribution in [1.29, 1.82) is 0 Å². The van der Waals surface area contributed by atoms with Crippen molar-refractivity contribution in [2.24, 2.45) is 0 Å². The number of hydrogen-bond donors (Lipinski definition) is 0. The molecule has 0 fully saturated rings. The first-order valence-corrected chi connectivity index (χ1v) is 8.47. The standard InChI is InChI=1S/C19H22N4O3/c1-13(17-21-16(22-26-17)14-8-6-5-7-9-14)10-15-11-23(12-20-15)18(24)25-19(2,3)4/h5-9,11-13H,10H2,1-4H3/t13-/m0/s1. The number of carbonyl (C=O) groups excluding carboxylic acids is 1. The first-order chi connectivity index (χ1) is 12.3. The lowest BCUT2D eigenvalue weighted by molar-refractivity contribution is 0.0536. The minimum atomic E-state index is -0.549. The lowest BCUT2D eigenvalue weighted by Crippen LogP contribution is -2.26. The summed E-state index contributed by atoms with van der Waals surface area (Å²) in [6.07, 6.45) is 3.25. The van der Waals surface area contributed by atoms with Crippen molar-refractivity contribution in [3.8, 4) is 11.4 Å². The van der Waals surface area contributed by atoms with Gasteiger partial charge in [0.05, 0.1) is 5.69 Å². The van der Waals surface area contributed by atoms with Crippen LogP contribution in [0.5, 0.6) is 0 Å². The first kappa shape index (κ1) is 17.8. The Labute approximate surface area is 152 Å². The van der Waals surface area contributed by atoms with E-state index < -0.39 is 11.7 Å². The van der Waals surface area contributed by atoms with Crippen LogP contribution in [0.25, 0.3) is 11.4 Å². The Morgan fingerprint density at radius 1 is 1.27 bits per heavy atom. The van der Waals surface area contributed by atoms with Gasteiger partial charge in [0.15, 0.2) is 0 Å². The van der Waals surface area contributed by atoms with Gasteiger partial charge in [0, 0.05) is 24.1 Å². The minimum absolute atomic E-state index is 0.0260. The molecule has 0 saturated heterocycles. The van der Waals surface area contributed by atoms with Gasteiger partial charge in [-0.2, -0.15) is 4.98 Å². The van der Waals surface area contributed by atoms with Crippen LogP contribution in [0.15, 0.2) is 47.4 Å². The van der Waals surface area contributed by atoms with Crippen molar-refractivity contribution in [1.82, 2.24) is 19.7 Å². The molecule has 0 aliphatic rings. The summed E-state index contributed by atoms with van der Waals surface area (Å²) in [5.41, 5.74) is 1.11. The molecule has 1 aromatic carbocycles. The molecule has 0 radical (unpaired) electrons. The van der Waals surface area contributed by atoms with Crippen LogP contribution in [0.4, 0.5) is 4.79 Å². The van der Waals surface area contributed by atoms with Crippen molar-refractivity contribution in [2.75, 3.05) is 0 Å². The second-order valence-electron chi connectivity index (χ2n) is 7.18. The zero-order chi connectivity index (χ0) is 18.7. The van der Waals surface area contributed by atoms with Crippen molar-refractivity contribution >= 4 is 6.09 Å². The van der Waals surface area contributed by atoms with Crippen molar-refractivity contribution in [3.63, 3.8) is 0 Å². The van der Waals surface area contributed by atoms with Gasteiger partial charge in [-0.1, -0.05) is 42.4 Å². The van der Waals surface area contributed by atoms with Crippen LogP contribution in [-0.2, 0) is 11.2 Å². The lowest BCUT2D eigenvalue weighted by atomic mass is 10.1. The third-order valence-electron chi connectivity index (χ3n) is 3.65. The van der Waals surface area contributed by atoms with Gasteiger partial charge in [-0.15, -0.1) is 0 Å².